The van der Waals surface area contributed by atoms with Crippen LogP contribution in [0.3, 0.4) is 0 Å². The van der Waals surface area contributed by atoms with Crippen LogP contribution in [-0.4, -0.2) is 32.0 Å². The number of benzene rings is 1. The molecule has 1 aliphatic rings. The van der Waals surface area contributed by atoms with E-state index in [1.165, 1.54) is 5.56 Å². The summed E-state index contributed by atoms with van der Waals surface area (Å²) in [6.45, 7) is 0.743. The number of rotatable bonds is 6. The van der Waals surface area contributed by atoms with Gasteiger partial charge in [0.05, 0.1) is 14.2 Å². The van der Waals surface area contributed by atoms with Gasteiger partial charge in [-0.2, -0.15) is 0 Å². The molecule has 138 valence electrons. The van der Waals surface area contributed by atoms with Gasteiger partial charge in [-0.15, -0.1) is 0 Å². The van der Waals surface area contributed by atoms with Crippen LogP contribution in [0.25, 0.3) is 0 Å². The molecule has 1 aliphatic carbocycles. The van der Waals surface area contributed by atoms with E-state index >= 15 is 0 Å². The number of hydrogen-bond donors (Lipinski definition) is 0. The average molecular weight is 354 g/mol. The molecule has 0 saturated heterocycles. The number of carbonyl (C=O) groups excluding carboxylic acids is 1. The average Bonchev–Trinajstić information content (AvgIpc) is 2.68. The van der Waals surface area contributed by atoms with Crippen LogP contribution in [0.1, 0.15) is 42.9 Å². The van der Waals surface area contributed by atoms with Crippen LogP contribution >= 0.6 is 0 Å². The zero-order chi connectivity index (χ0) is 18.5. The first kappa shape index (κ1) is 18.2. The molecule has 0 bridgehead atoms. The van der Waals surface area contributed by atoms with Gasteiger partial charge in [0, 0.05) is 50.2 Å². The third-order valence-corrected chi connectivity index (χ3v) is 4.97. The van der Waals surface area contributed by atoms with Gasteiger partial charge in [-0.05, 0) is 30.5 Å². The molecule has 0 atom stereocenters. The summed E-state index contributed by atoms with van der Waals surface area (Å²) in [6, 6.07) is 12.0. The summed E-state index contributed by atoms with van der Waals surface area (Å²) in [7, 11) is 5.37. The lowest BCUT2D eigenvalue weighted by atomic mass is 9.86. The van der Waals surface area contributed by atoms with E-state index in [1.807, 2.05) is 31.3 Å². The van der Waals surface area contributed by atoms with Gasteiger partial charge in [0.15, 0.2) is 0 Å². The zero-order valence-electron chi connectivity index (χ0n) is 15.7. The Morgan fingerprint density at radius 1 is 1.04 bits per heavy atom. The number of aromatic nitrogens is 1. The topological polar surface area (TPSA) is 51.7 Å². The summed E-state index contributed by atoms with van der Waals surface area (Å²) in [6.07, 6.45) is 3.06. The number of hydrogen-bond acceptors (Lipinski definition) is 5. The van der Waals surface area contributed by atoms with Crippen molar-refractivity contribution >= 4 is 11.6 Å². The number of nitrogens with zero attached hydrogens (tertiary/aromatic N) is 2. The molecule has 1 aromatic heterocycles. The number of pyridine rings is 1. The van der Waals surface area contributed by atoms with Crippen LogP contribution in [0, 0.1) is 0 Å². The van der Waals surface area contributed by atoms with Crippen molar-refractivity contribution in [3.05, 3.63) is 47.7 Å². The number of carbonyl (C=O) groups is 1. The van der Waals surface area contributed by atoms with E-state index < -0.39 is 0 Å². The van der Waals surface area contributed by atoms with Crippen LogP contribution in [0.15, 0.2) is 36.4 Å². The fourth-order valence-electron chi connectivity index (χ4n) is 3.36. The molecule has 1 aromatic carbocycles. The number of ether oxygens (including phenoxy) is 2. The number of ketones is 1. The van der Waals surface area contributed by atoms with Crippen molar-refractivity contribution in [2.45, 2.75) is 38.1 Å². The molecule has 3 rings (SSSR count). The minimum Gasteiger partial charge on any atom is -0.497 e. The second-order valence-corrected chi connectivity index (χ2v) is 6.81. The van der Waals surface area contributed by atoms with Crippen LogP contribution < -0.4 is 14.4 Å². The van der Waals surface area contributed by atoms with E-state index in [-0.39, 0.29) is 0 Å². The molecule has 0 N–H and O–H groups in total. The Bertz CT molecular complexity index is 748. The number of Topliss-reactive ketones (excluding diaryl/α,β-unsaturated/α-hetero) is 1. The van der Waals surface area contributed by atoms with Crippen molar-refractivity contribution in [3.8, 4) is 11.5 Å². The maximum absolute atomic E-state index is 11.5. The van der Waals surface area contributed by atoms with Gasteiger partial charge < -0.3 is 14.4 Å². The highest BCUT2D eigenvalue weighted by Crippen LogP contribution is 2.33. The summed E-state index contributed by atoms with van der Waals surface area (Å²) in [5, 5.41) is 0. The first-order valence-corrected chi connectivity index (χ1v) is 9.01. The summed E-state index contributed by atoms with van der Waals surface area (Å²) < 4.78 is 10.7. The van der Waals surface area contributed by atoms with Gasteiger partial charge in [-0.1, -0.05) is 12.1 Å². The van der Waals surface area contributed by atoms with Crippen LogP contribution in [0.2, 0.25) is 0 Å². The fourth-order valence-corrected chi connectivity index (χ4v) is 3.36. The molecule has 0 radical (unpaired) electrons. The lowest BCUT2D eigenvalue weighted by molar-refractivity contribution is -0.120. The van der Waals surface area contributed by atoms with E-state index in [9.17, 15) is 4.79 Å². The lowest BCUT2D eigenvalue weighted by Crippen LogP contribution is -2.20. The monoisotopic (exact) mass is 354 g/mol. The Morgan fingerprint density at radius 3 is 2.31 bits per heavy atom. The maximum Gasteiger partial charge on any atom is 0.132 e. The smallest absolute Gasteiger partial charge is 0.132 e. The second-order valence-electron chi connectivity index (χ2n) is 6.81. The first-order valence-electron chi connectivity index (χ1n) is 9.01. The van der Waals surface area contributed by atoms with Gasteiger partial charge in [-0.3, -0.25) is 4.79 Å². The lowest BCUT2D eigenvalue weighted by Gasteiger charge is -2.24. The normalized spacial score (nSPS) is 15.0. The van der Waals surface area contributed by atoms with Gasteiger partial charge in [-0.25, -0.2) is 4.98 Å². The van der Waals surface area contributed by atoms with Gasteiger partial charge in [0.2, 0.25) is 0 Å². The molecule has 0 aliphatic heterocycles. The Balaban J connectivity index is 1.78. The second kappa shape index (κ2) is 8.21. The largest absolute Gasteiger partial charge is 0.497 e. The maximum atomic E-state index is 11.5. The van der Waals surface area contributed by atoms with E-state index in [4.69, 9.17) is 14.5 Å². The standard InChI is InChI=1S/C21H26N2O3/c1-23(14-15-4-10-18(25-2)11-5-15)21-13-19(26-3)12-20(22-21)16-6-8-17(24)9-7-16/h4-5,10-13,16H,6-9,14H2,1-3H3. The highest BCUT2D eigenvalue weighted by molar-refractivity contribution is 5.79. The zero-order valence-corrected chi connectivity index (χ0v) is 15.7. The molecule has 0 spiro atoms. The van der Waals surface area contributed by atoms with E-state index in [2.05, 4.69) is 17.0 Å². The number of anilines is 1. The Hall–Kier alpha value is -2.56. The molecular weight excluding hydrogens is 328 g/mol. The molecule has 26 heavy (non-hydrogen) atoms. The number of methoxy groups -OCH3 is 2. The molecular formula is C21H26N2O3. The van der Waals surface area contributed by atoms with E-state index in [0.717, 1.165) is 42.4 Å². The predicted molar refractivity (Wildman–Crippen MR) is 102 cm³/mol. The molecule has 0 amide bonds. The molecule has 1 fully saturated rings. The minimum atomic E-state index is 0.330. The van der Waals surface area contributed by atoms with E-state index in [1.54, 1.807) is 14.2 Å². The molecule has 0 unspecified atom stereocenters. The highest BCUT2D eigenvalue weighted by Gasteiger charge is 2.22. The van der Waals surface area contributed by atoms with Crippen LogP contribution in [-0.2, 0) is 11.3 Å². The van der Waals surface area contributed by atoms with Crippen molar-refractivity contribution in [2.75, 3.05) is 26.2 Å². The fraction of sp³-hybridized carbons (Fsp3) is 0.429. The summed E-state index contributed by atoms with van der Waals surface area (Å²) in [5.74, 6) is 3.23. The van der Waals surface area contributed by atoms with Gasteiger partial charge in [0.1, 0.15) is 23.1 Å². The highest BCUT2D eigenvalue weighted by atomic mass is 16.5. The SMILES string of the molecule is COc1ccc(CN(C)c2cc(OC)cc(C3CCC(=O)CC3)n2)cc1. The molecule has 5 nitrogen and oxygen atoms in total. The minimum absolute atomic E-state index is 0.330. The summed E-state index contributed by atoms with van der Waals surface area (Å²) >= 11 is 0. The Kier molecular flexibility index (Phi) is 5.76. The van der Waals surface area contributed by atoms with Crippen molar-refractivity contribution < 1.29 is 14.3 Å². The molecule has 1 heterocycles. The quantitative estimate of drug-likeness (QED) is 0.786. The molecule has 2 aromatic rings. The van der Waals surface area contributed by atoms with Crippen molar-refractivity contribution in [2.24, 2.45) is 0 Å². The molecule has 1 saturated carbocycles. The Labute approximate surface area is 155 Å². The summed E-state index contributed by atoms with van der Waals surface area (Å²) in [5.41, 5.74) is 2.20. The predicted octanol–water partition coefficient (Wildman–Crippen LogP) is 3.96. The van der Waals surface area contributed by atoms with Crippen molar-refractivity contribution in [1.82, 2.24) is 4.98 Å². The third kappa shape index (κ3) is 4.34. The van der Waals surface area contributed by atoms with Gasteiger partial charge in [0.25, 0.3) is 0 Å². The molecule has 5 heteroatoms. The third-order valence-electron chi connectivity index (χ3n) is 4.97. The van der Waals surface area contributed by atoms with Crippen LogP contribution in [0.4, 0.5) is 5.82 Å². The Morgan fingerprint density at radius 2 is 1.69 bits per heavy atom. The van der Waals surface area contributed by atoms with Crippen molar-refractivity contribution in [3.63, 3.8) is 0 Å². The van der Waals surface area contributed by atoms with E-state index in [0.29, 0.717) is 24.5 Å². The van der Waals surface area contributed by atoms with Crippen LogP contribution in [0.5, 0.6) is 11.5 Å². The first-order chi connectivity index (χ1) is 12.6. The van der Waals surface area contributed by atoms with Crippen molar-refractivity contribution in [1.29, 1.82) is 0 Å². The summed E-state index contributed by atoms with van der Waals surface area (Å²) in [4.78, 5) is 18.5. The van der Waals surface area contributed by atoms with Gasteiger partial charge >= 0.3 is 0 Å².